The summed E-state index contributed by atoms with van der Waals surface area (Å²) < 4.78 is 12.5. The van der Waals surface area contributed by atoms with Gasteiger partial charge in [0.25, 0.3) is 0 Å². The maximum atomic E-state index is 12.5. The SMILES string of the molecule is CN(C)C(=O)Nc1cccc(F)n1. The molecule has 1 rings (SSSR count). The number of carbonyl (C=O) groups is 1. The number of nitrogens with one attached hydrogen (secondary N) is 1. The van der Waals surface area contributed by atoms with Crippen LogP contribution in [0.5, 0.6) is 0 Å². The zero-order valence-electron chi connectivity index (χ0n) is 7.41. The molecule has 0 unspecified atom stereocenters. The third-order valence-corrected chi connectivity index (χ3v) is 1.36. The molecule has 4 nitrogen and oxygen atoms in total. The van der Waals surface area contributed by atoms with E-state index in [0.29, 0.717) is 0 Å². The van der Waals surface area contributed by atoms with E-state index in [1.807, 2.05) is 0 Å². The Morgan fingerprint density at radius 1 is 1.54 bits per heavy atom. The molecule has 0 aliphatic rings. The summed E-state index contributed by atoms with van der Waals surface area (Å²) in [6.45, 7) is 0. The molecule has 0 bridgehead atoms. The van der Waals surface area contributed by atoms with Gasteiger partial charge in [0.2, 0.25) is 5.95 Å². The van der Waals surface area contributed by atoms with E-state index in [9.17, 15) is 9.18 Å². The standard InChI is InChI=1S/C8H10FN3O/c1-12(2)8(13)11-7-5-3-4-6(9)10-7/h3-5H,1-2H3,(H,10,11,13). The normalized spacial score (nSPS) is 9.46. The molecular weight excluding hydrogens is 173 g/mol. The molecule has 0 radical (unpaired) electrons. The van der Waals surface area contributed by atoms with Crippen LogP contribution in [0.1, 0.15) is 0 Å². The molecule has 2 amide bonds. The average molecular weight is 183 g/mol. The van der Waals surface area contributed by atoms with Crippen LogP contribution in [0.2, 0.25) is 0 Å². The number of rotatable bonds is 1. The van der Waals surface area contributed by atoms with Gasteiger partial charge in [0.15, 0.2) is 0 Å². The van der Waals surface area contributed by atoms with E-state index in [-0.39, 0.29) is 11.8 Å². The molecule has 0 saturated heterocycles. The predicted octanol–water partition coefficient (Wildman–Crippen LogP) is 1.31. The van der Waals surface area contributed by atoms with Crippen LogP contribution in [0.25, 0.3) is 0 Å². The van der Waals surface area contributed by atoms with Crippen molar-refractivity contribution in [2.75, 3.05) is 19.4 Å². The van der Waals surface area contributed by atoms with Crippen LogP contribution in [0.4, 0.5) is 15.0 Å². The zero-order valence-corrected chi connectivity index (χ0v) is 7.41. The van der Waals surface area contributed by atoms with Crippen molar-refractivity contribution in [3.63, 3.8) is 0 Å². The van der Waals surface area contributed by atoms with Crippen LogP contribution in [0.15, 0.2) is 18.2 Å². The van der Waals surface area contributed by atoms with Crippen molar-refractivity contribution in [3.8, 4) is 0 Å². The second kappa shape index (κ2) is 3.84. The van der Waals surface area contributed by atoms with Crippen molar-refractivity contribution in [2.45, 2.75) is 0 Å². The Balaban J connectivity index is 2.69. The van der Waals surface area contributed by atoms with Crippen LogP contribution in [-0.2, 0) is 0 Å². The van der Waals surface area contributed by atoms with Crippen molar-refractivity contribution >= 4 is 11.8 Å². The summed E-state index contributed by atoms with van der Waals surface area (Å²) in [4.78, 5) is 15.9. The van der Waals surface area contributed by atoms with Crippen LogP contribution in [-0.4, -0.2) is 30.0 Å². The minimum absolute atomic E-state index is 0.207. The molecule has 0 aliphatic heterocycles. The molecule has 1 aromatic rings. The van der Waals surface area contributed by atoms with E-state index in [1.165, 1.54) is 23.1 Å². The third-order valence-electron chi connectivity index (χ3n) is 1.36. The van der Waals surface area contributed by atoms with Crippen LogP contribution in [0, 0.1) is 5.95 Å². The van der Waals surface area contributed by atoms with Gasteiger partial charge in [-0.25, -0.2) is 9.78 Å². The van der Waals surface area contributed by atoms with Gasteiger partial charge in [-0.3, -0.25) is 5.32 Å². The molecule has 0 aliphatic carbocycles. The maximum Gasteiger partial charge on any atom is 0.322 e. The lowest BCUT2D eigenvalue weighted by Crippen LogP contribution is -2.27. The number of aromatic nitrogens is 1. The number of pyridine rings is 1. The van der Waals surface area contributed by atoms with Gasteiger partial charge < -0.3 is 4.90 Å². The van der Waals surface area contributed by atoms with Crippen molar-refractivity contribution in [2.24, 2.45) is 0 Å². The van der Waals surface area contributed by atoms with Gasteiger partial charge >= 0.3 is 6.03 Å². The van der Waals surface area contributed by atoms with Gasteiger partial charge in [-0.05, 0) is 12.1 Å². The van der Waals surface area contributed by atoms with E-state index in [2.05, 4.69) is 10.3 Å². The summed E-state index contributed by atoms with van der Waals surface area (Å²) in [5.74, 6) is -0.407. The molecule has 1 heterocycles. The topological polar surface area (TPSA) is 45.2 Å². The first-order valence-corrected chi connectivity index (χ1v) is 3.70. The lowest BCUT2D eigenvalue weighted by atomic mass is 10.4. The maximum absolute atomic E-state index is 12.5. The molecule has 0 spiro atoms. The second-order valence-corrected chi connectivity index (χ2v) is 2.67. The molecular formula is C8H10FN3O. The number of urea groups is 1. The smallest absolute Gasteiger partial charge is 0.322 e. The summed E-state index contributed by atoms with van der Waals surface area (Å²) in [6, 6.07) is 3.88. The lowest BCUT2D eigenvalue weighted by molar-refractivity contribution is 0.230. The number of carbonyl (C=O) groups excluding carboxylic acids is 1. The van der Waals surface area contributed by atoms with Gasteiger partial charge in [-0.1, -0.05) is 6.07 Å². The Hall–Kier alpha value is -1.65. The van der Waals surface area contributed by atoms with Gasteiger partial charge in [0.1, 0.15) is 5.82 Å². The van der Waals surface area contributed by atoms with Gasteiger partial charge in [-0.2, -0.15) is 4.39 Å². The fourth-order valence-electron chi connectivity index (χ4n) is 0.699. The Labute approximate surface area is 75.4 Å². The number of nitrogens with zero attached hydrogens (tertiary/aromatic N) is 2. The molecule has 1 aromatic heterocycles. The number of hydrogen-bond acceptors (Lipinski definition) is 2. The minimum atomic E-state index is -0.614. The summed E-state index contributed by atoms with van der Waals surface area (Å²) >= 11 is 0. The Kier molecular flexibility index (Phi) is 2.79. The molecule has 0 aromatic carbocycles. The predicted molar refractivity (Wildman–Crippen MR) is 46.9 cm³/mol. The number of amides is 2. The van der Waals surface area contributed by atoms with Crippen molar-refractivity contribution in [1.82, 2.24) is 9.88 Å². The molecule has 0 fully saturated rings. The fourth-order valence-corrected chi connectivity index (χ4v) is 0.699. The molecule has 13 heavy (non-hydrogen) atoms. The monoisotopic (exact) mass is 183 g/mol. The zero-order chi connectivity index (χ0) is 9.84. The lowest BCUT2D eigenvalue weighted by Gasteiger charge is -2.10. The van der Waals surface area contributed by atoms with E-state index < -0.39 is 5.95 Å². The molecule has 1 N–H and O–H groups in total. The Morgan fingerprint density at radius 2 is 2.23 bits per heavy atom. The van der Waals surface area contributed by atoms with Crippen molar-refractivity contribution in [1.29, 1.82) is 0 Å². The van der Waals surface area contributed by atoms with E-state index in [0.717, 1.165) is 0 Å². The van der Waals surface area contributed by atoms with E-state index >= 15 is 0 Å². The van der Waals surface area contributed by atoms with E-state index in [1.54, 1.807) is 14.1 Å². The van der Waals surface area contributed by atoms with E-state index in [4.69, 9.17) is 0 Å². The highest BCUT2D eigenvalue weighted by molar-refractivity contribution is 5.87. The first-order valence-electron chi connectivity index (χ1n) is 3.70. The van der Waals surface area contributed by atoms with Crippen molar-refractivity contribution < 1.29 is 9.18 Å². The summed E-state index contributed by atoms with van der Waals surface area (Å²) in [6.07, 6.45) is 0. The summed E-state index contributed by atoms with van der Waals surface area (Å²) in [5, 5.41) is 2.42. The summed E-state index contributed by atoms with van der Waals surface area (Å²) in [5.41, 5.74) is 0. The Morgan fingerprint density at radius 3 is 2.77 bits per heavy atom. The number of anilines is 1. The van der Waals surface area contributed by atoms with Crippen LogP contribution in [0.3, 0.4) is 0 Å². The Bertz CT molecular complexity index is 314. The fraction of sp³-hybridized carbons (Fsp3) is 0.250. The van der Waals surface area contributed by atoms with Crippen LogP contribution < -0.4 is 5.32 Å². The average Bonchev–Trinajstić information content (AvgIpc) is 2.04. The first-order chi connectivity index (χ1) is 6.09. The highest BCUT2D eigenvalue weighted by Gasteiger charge is 2.04. The molecule has 0 atom stereocenters. The number of hydrogen-bond donors (Lipinski definition) is 1. The minimum Gasteiger partial charge on any atom is -0.331 e. The van der Waals surface area contributed by atoms with Gasteiger partial charge in [0.05, 0.1) is 0 Å². The second-order valence-electron chi connectivity index (χ2n) is 2.67. The van der Waals surface area contributed by atoms with Gasteiger partial charge in [0, 0.05) is 14.1 Å². The summed E-state index contributed by atoms with van der Waals surface area (Å²) in [7, 11) is 3.18. The highest BCUT2D eigenvalue weighted by Crippen LogP contribution is 2.03. The highest BCUT2D eigenvalue weighted by atomic mass is 19.1. The molecule has 5 heteroatoms. The third kappa shape index (κ3) is 2.70. The molecule has 0 saturated carbocycles. The first kappa shape index (κ1) is 9.44. The van der Waals surface area contributed by atoms with Crippen LogP contribution >= 0.6 is 0 Å². The number of halogens is 1. The quantitative estimate of drug-likeness (QED) is 0.667. The largest absolute Gasteiger partial charge is 0.331 e. The van der Waals surface area contributed by atoms with Crippen molar-refractivity contribution in [3.05, 3.63) is 24.1 Å². The molecule has 70 valence electrons. The van der Waals surface area contributed by atoms with Gasteiger partial charge in [-0.15, -0.1) is 0 Å².